The predicted octanol–water partition coefficient (Wildman–Crippen LogP) is 4.69. The number of carbonyl (C=O) groups is 3. The number of aromatic nitrogens is 1. The maximum absolute atomic E-state index is 13.2. The fourth-order valence-corrected chi connectivity index (χ4v) is 3.94. The largest absolute Gasteiger partial charge is 0.335 e. The molecule has 0 spiro atoms. The van der Waals surface area contributed by atoms with Crippen LogP contribution < -0.4 is 10.2 Å². The summed E-state index contributed by atoms with van der Waals surface area (Å²) in [6, 6.07) is 14.6. The first-order valence-corrected chi connectivity index (χ1v) is 10.4. The van der Waals surface area contributed by atoms with Crippen molar-refractivity contribution in [3.8, 4) is 5.69 Å². The van der Waals surface area contributed by atoms with Crippen molar-refractivity contribution in [3.05, 3.63) is 87.7 Å². The first kappa shape index (κ1) is 21.3. The first-order chi connectivity index (χ1) is 15.2. The maximum Gasteiger partial charge on any atom is 0.335 e. The molecular formula is C26H25N3O3. The molecule has 1 aromatic heterocycles. The second-order valence-corrected chi connectivity index (χ2v) is 8.22. The molecule has 0 aliphatic carbocycles. The summed E-state index contributed by atoms with van der Waals surface area (Å²) >= 11 is 0. The Labute approximate surface area is 187 Å². The van der Waals surface area contributed by atoms with Crippen LogP contribution in [0.1, 0.15) is 33.6 Å². The van der Waals surface area contributed by atoms with Crippen molar-refractivity contribution in [2.24, 2.45) is 0 Å². The Morgan fingerprint density at radius 1 is 0.781 bits per heavy atom. The van der Waals surface area contributed by atoms with Gasteiger partial charge >= 0.3 is 6.03 Å². The number of amides is 4. The summed E-state index contributed by atoms with van der Waals surface area (Å²) in [4.78, 5) is 39.3. The lowest BCUT2D eigenvalue weighted by molar-refractivity contribution is -0.122. The minimum absolute atomic E-state index is 0.0769. The molecule has 4 amide bonds. The average Bonchev–Trinajstić information content (AvgIpc) is 3.01. The van der Waals surface area contributed by atoms with Crippen molar-refractivity contribution < 1.29 is 14.4 Å². The van der Waals surface area contributed by atoms with E-state index in [1.807, 2.05) is 71.0 Å². The van der Waals surface area contributed by atoms with Gasteiger partial charge in [0.2, 0.25) is 0 Å². The third-order valence-electron chi connectivity index (χ3n) is 5.91. The lowest BCUT2D eigenvalue weighted by atomic mass is 10.1. The highest BCUT2D eigenvalue weighted by molar-refractivity contribution is 6.39. The fraction of sp³-hybridized carbons (Fsp3) is 0.192. The summed E-state index contributed by atoms with van der Waals surface area (Å²) in [6.45, 7) is 9.81. The van der Waals surface area contributed by atoms with Gasteiger partial charge in [0, 0.05) is 17.1 Å². The van der Waals surface area contributed by atoms with Crippen molar-refractivity contribution in [2.45, 2.75) is 34.6 Å². The van der Waals surface area contributed by atoms with Crippen LogP contribution in [0.3, 0.4) is 0 Å². The Hall–Kier alpha value is -3.93. The minimum atomic E-state index is -0.745. The highest BCUT2D eigenvalue weighted by Crippen LogP contribution is 2.27. The van der Waals surface area contributed by atoms with Gasteiger partial charge in [-0.2, -0.15) is 0 Å². The van der Waals surface area contributed by atoms with E-state index < -0.39 is 17.8 Å². The Morgan fingerprint density at radius 2 is 1.44 bits per heavy atom. The van der Waals surface area contributed by atoms with Crippen LogP contribution in [0.2, 0.25) is 0 Å². The molecule has 2 heterocycles. The van der Waals surface area contributed by atoms with E-state index in [-0.39, 0.29) is 5.57 Å². The van der Waals surface area contributed by atoms with Gasteiger partial charge in [0.15, 0.2) is 0 Å². The van der Waals surface area contributed by atoms with E-state index in [1.165, 1.54) is 5.56 Å². The number of rotatable bonds is 3. The van der Waals surface area contributed by atoms with Gasteiger partial charge in [-0.3, -0.25) is 14.9 Å². The van der Waals surface area contributed by atoms with Gasteiger partial charge in [-0.15, -0.1) is 0 Å². The van der Waals surface area contributed by atoms with Crippen LogP contribution >= 0.6 is 0 Å². The molecule has 32 heavy (non-hydrogen) atoms. The van der Waals surface area contributed by atoms with E-state index in [4.69, 9.17) is 0 Å². The quantitative estimate of drug-likeness (QED) is 0.487. The molecule has 0 unspecified atom stereocenters. The van der Waals surface area contributed by atoms with E-state index in [0.717, 1.165) is 38.7 Å². The molecule has 1 N–H and O–H groups in total. The van der Waals surface area contributed by atoms with Gasteiger partial charge in [0.25, 0.3) is 11.8 Å². The van der Waals surface area contributed by atoms with Gasteiger partial charge in [-0.1, -0.05) is 23.8 Å². The van der Waals surface area contributed by atoms with E-state index in [1.54, 1.807) is 18.2 Å². The number of nitrogens with one attached hydrogen (secondary N) is 1. The van der Waals surface area contributed by atoms with Crippen LogP contribution in [0.15, 0.2) is 54.1 Å². The van der Waals surface area contributed by atoms with Gasteiger partial charge < -0.3 is 4.57 Å². The smallest absolute Gasteiger partial charge is 0.318 e. The highest BCUT2D eigenvalue weighted by Gasteiger charge is 2.37. The van der Waals surface area contributed by atoms with Crippen LogP contribution in [-0.4, -0.2) is 22.4 Å². The third kappa shape index (κ3) is 3.64. The molecule has 1 saturated heterocycles. The number of aryl methyl sites for hydroxylation is 4. The van der Waals surface area contributed by atoms with Gasteiger partial charge in [0.05, 0.1) is 5.69 Å². The van der Waals surface area contributed by atoms with E-state index in [9.17, 15) is 14.4 Å². The molecule has 1 aliphatic heterocycles. The second kappa shape index (κ2) is 7.96. The van der Waals surface area contributed by atoms with Gasteiger partial charge in [-0.25, -0.2) is 9.69 Å². The molecule has 2 aromatic carbocycles. The number of anilines is 1. The summed E-state index contributed by atoms with van der Waals surface area (Å²) < 4.78 is 2.07. The summed E-state index contributed by atoms with van der Waals surface area (Å²) in [7, 11) is 0. The molecule has 0 atom stereocenters. The van der Waals surface area contributed by atoms with Gasteiger partial charge in [-0.05, 0) is 87.7 Å². The number of benzene rings is 2. The SMILES string of the molecule is Cc1ccc(-n2c(C)cc(/C=C3\C(=O)NC(=O)N(c4ccc(C)c(C)c4)C3=O)c2C)cc1. The molecule has 0 bridgehead atoms. The first-order valence-electron chi connectivity index (χ1n) is 10.4. The lowest BCUT2D eigenvalue weighted by Crippen LogP contribution is -2.54. The standard InChI is InChI=1S/C26H25N3O3/c1-15-6-9-21(10-7-15)28-18(4)13-20(19(28)5)14-23-24(30)27-26(32)29(25(23)31)22-11-8-16(2)17(3)12-22/h6-14H,1-5H3,(H,27,30,32)/b23-14+. The number of carbonyl (C=O) groups excluding carboxylic acids is 3. The molecule has 6 heteroatoms. The zero-order chi connectivity index (χ0) is 23.2. The van der Waals surface area contributed by atoms with Crippen molar-refractivity contribution in [3.63, 3.8) is 0 Å². The van der Waals surface area contributed by atoms with E-state index >= 15 is 0 Å². The van der Waals surface area contributed by atoms with Crippen molar-refractivity contribution in [1.82, 2.24) is 9.88 Å². The number of imide groups is 2. The topological polar surface area (TPSA) is 71.4 Å². The number of nitrogens with zero attached hydrogens (tertiary/aromatic N) is 2. The fourth-order valence-electron chi connectivity index (χ4n) is 3.94. The van der Waals surface area contributed by atoms with Crippen molar-refractivity contribution in [1.29, 1.82) is 0 Å². The van der Waals surface area contributed by atoms with Gasteiger partial charge in [0.1, 0.15) is 5.57 Å². The third-order valence-corrected chi connectivity index (χ3v) is 5.91. The van der Waals surface area contributed by atoms with Crippen LogP contribution in [0.5, 0.6) is 0 Å². The van der Waals surface area contributed by atoms with E-state index in [0.29, 0.717) is 5.69 Å². The molecule has 162 valence electrons. The summed E-state index contributed by atoms with van der Waals surface area (Å²) in [5.74, 6) is -1.33. The molecule has 6 nitrogen and oxygen atoms in total. The minimum Gasteiger partial charge on any atom is -0.318 e. The monoisotopic (exact) mass is 427 g/mol. The molecule has 4 rings (SSSR count). The highest BCUT2D eigenvalue weighted by atomic mass is 16.2. The number of barbiturate groups is 1. The Kier molecular flexibility index (Phi) is 5.30. The zero-order valence-electron chi connectivity index (χ0n) is 18.8. The molecule has 1 aliphatic rings. The molecule has 1 fully saturated rings. The normalized spacial score (nSPS) is 15.5. The Balaban J connectivity index is 1.76. The summed E-state index contributed by atoms with van der Waals surface area (Å²) in [5.41, 5.74) is 7.14. The number of urea groups is 1. The number of hydrogen-bond donors (Lipinski definition) is 1. The van der Waals surface area contributed by atoms with Crippen LogP contribution in [0, 0.1) is 34.6 Å². The van der Waals surface area contributed by atoms with Crippen LogP contribution in [0.4, 0.5) is 10.5 Å². The number of hydrogen-bond acceptors (Lipinski definition) is 3. The maximum atomic E-state index is 13.2. The molecular weight excluding hydrogens is 402 g/mol. The summed E-state index contributed by atoms with van der Waals surface area (Å²) in [5, 5.41) is 2.29. The molecule has 3 aromatic rings. The molecule has 0 radical (unpaired) electrons. The predicted molar refractivity (Wildman–Crippen MR) is 125 cm³/mol. The Bertz CT molecular complexity index is 1300. The van der Waals surface area contributed by atoms with Crippen LogP contribution in [-0.2, 0) is 9.59 Å². The molecule has 0 saturated carbocycles. The van der Waals surface area contributed by atoms with E-state index in [2.05, 4.69) is 9.88 Å². The second-order valence-electron chi connectivity index (χ2n) is 8.22. The van der Waals surface area contributed by atoms with Crippen molar-refractivity contribution >= 4 is 29.6 Å². The van der Waals surface area contributed by atoms with Crippen LogP contribution in [0.25, 0.3) is 11.8 Å². The Morgan fingerprint density at radius 3 is 2.09 bits per heavy atom. The lowest BCUT2D eigenvalue weighted by Gasteiger charge is -2.26. The zero-order valence-corrected chi connectivity index (χ0v) is 18.8. The summed E-state index contributed by atoms with van der Waals surface area (Å²) in [6.07, 6.45) is 1.56. The average molecular weight is 428 g/mol. The van der Waals surface area contributed by atoms with Crippen molar-refractivity contribution in [2.75, 3.05) is 4.90 Å².